The number of amides is 1. The summed E-state index contributed by atoms with van der Waals surface area (Å²) >= 11 is 5.88. The minimum Gasteiger partial charge on any atom is -0.345 e. The van der Waals surface area contributed by atoms with E-state index < -0.39 is 16.4 Å². The van der Waals surface area contributed by atoms with Crippen LogP contribution in [0.2, 0.25) is 0 Å². The fourth-order valence-electron chi connectivity index (χ4n) is 2.19. The van der Waals surface area contributed by atoms with E-state index in [9.17, 15) is 14.9 Å². The van der Waals surface area contributed by atoms with Crippen LogP contribution in [-0.4, -0.2) is 22.2 Å². The molecule has 6 heteroatoms. The van der Waals surface area contributed by atoms with Crippen LogP contribution < -0.4 is 5.32 Å². The van der Waals surface area contributed by atoms with Crippen LogP contribution in [0.3, 0.4) is 0 Å². The zero-order valence-corrected chi connectivity index (χ0v) is 11.4. The quantitative estimate of drug-likeness (QED) is 0.524. The van der Waals surface area contributed by atoms with Crippen LogP contribution in [0.4, 0.5) is 5.69 Å². The molecule has 1 N–H and O–H groups in total. The third-order valence-electron chi connectivity index (χ3n) is 3.54. The Labute approximate surface area is 116 Å². The molecule has 1 aromatic carbocycles. The Hall–Kier alpha value is -1.62. The zero-order chi connectivity index (χ0) is 14.0. The lowest BCUT2D eigenvalue weighted by Crippen LogP contribution is -2.55. The van der Waals surface area contributed by atoms with Crippen molar-refractivity contribution in [2.24, 2.45) is 0 Å². The Bertz CT molecular complexity index is 521. The molecule has 1 aliphatic carbocycles. The maximum atomic E-state index is 12.2. The Morgan fingerprint density at radius 1 is 1.53 bits per heavy atom. The highest BCUT2D eigenvalue weighted by molar-refractivity contribution is 6.19. The van der Waals surface area contributed by atoms with Crippen molar-refractivity contribution in [1.29, 1.82) is 0 Å². The molecule has 0 bridgehead atoms. The largest absolute Gasteiger partial charge is 0.345 e. The third-order valence-corrected chi connectivity index (χ3v) is 4.05. The summed E-state index contributed by atoms with van der Waals surface area (Å²) in [7, 11) is 0. The highest BCUT2D eigenvalue weighted by atomic mass is 35.5. The van der Waals surface area contributed by atoms with Gasteiger partial charge in [-0.15, -0.1) is 11.6 Å². The van der Waals surface area contributed by atoms with Crippen molar-refractivity contribution in [2.45, 2.75) is 31.7 Å². The normalized spacial score (nSPS) is 16.5. The topological polar surface area (TPSA) is 72.2 Å². The molecule has 1 aromatic rings. The smallest absolute Gasteiger partial charge is 0.282 e. The van der Waals surface area contributed by atoms with Crippen LogP contribution >= 0.6 is 11.6 Å². The number of alkyl halides is 1. The molecular weight excluding hydrogens is 268 g/mol. The van der Waals surface area contributed by atoms with Gasteiger partial charge in [-0.25, -0.2) is 0 Å². The van der Waals surface area contributed by atoms with Gasteiger partial charge in [0.25, 0.3) is 11.6 Å². The lowest BCUT2D eigenvalue weighted by molar-refractivity contribution is -0.385. The number of carbonyl (C=O) groups excluding carboxylic acids is 1. The molecule has 0 unspecified atom stereocenters. The zero-order valence-electron chi connectivity index (χ0n) is 10.6. The predicted molar refractivity (Wildman–Crippen MR) is 72.6 cm³/mol. The molecule has 1 saturated carbocycles. The number of nitro benzene ring substituents is 1. The molecule has 19 heavy (non-hydrogen) atoms. The number of hydrogen-bond donors (Lipinski definition) is 1. The minimum atomic E-state index is -0.539. The Balaban J connectivity index is 2.28. The molecule has 0 spiro atoms. The van der Waals surface area contributed by atoms with E-state index >= 15 is 0 Å². The first kappa shape index (κ1) is 13.8. The first-order valence-corrected chi connectivity index (χ1v) is 6.64. The second kappa shape index (κ2) is 5.17. The molecule has 0 radical (unpaired) electrons. The number of halogens is 1. The predicted octanol–water partition coefficient (Wildman–Crippen LogP) is 2.79. The first-order chi connectivity index (χ1) is 8.97. The van der Waals surface area contributed by atoms with Crippen molar-refractivity contribution in [2.75, 3.05) is 5.88 Å². The van der Waals surface area contributed by atoms with E-state index in [2.05, 4.69) is 5.32 Å². The Kier molecular flexibility index (Phi) is 3.75. The Morgan fingerprint density at radius 3 is 2.68 bits per heavy atom. The maximum absolute atomic E-state index is 12.2. The van der Waals surface area contributed by atoms with E-state index in [1.165, 1.54) is 12.1 Å². The molecule has 0 atom stereocenters. The van der Waals surface area contributed by atoms with E-state index in [1.807, 2.05) is 0 Å². The summed E-state index contributed by atoms with van der Waals surface area (Å²) in [6, 6.07) is 4.52. The molecule has 1 amide bonds. The van der Waals surface area contributed by atoms with E-state index in [-0.39, 0.29) is 11.3 Å². The van der Waals surface area contributed by atoms with Gasteiger partial charge in [0.05, 0.1) is 10.5 Å². The second-order valence-electron chi connectivity index (χ2n) is 5.00. The fourth-order valence-corrected chi connectivity index (χ4v) is 2.53. The van der Waals surface area contributed by atoms with Gasteiger partial charge in [0.2, 0.25) is 0 Å². The summed E-state index contributed by atoms with van der Waals surface area (Å²) in [5.74, 6) is -0.0889. The van der Waals surface area contributed by atoms with Gasteiger partial charge >= 0.3 is 0 Å². The van der Waals surface area contributed by atoms with Gasteiger partial charge in [-0.3, -0.25) is 14.9 Å². The van der Waals surface area contributed by atoms with Gasteiger partial charge in [0.1, 0.15) is 5.56 Å². The molecule has 102 valence electrons. The molecule has 0 heterocycles. The van der Waals surface area contributed by atoms with Gasteiger partial charge < -0.3 is 5.32 Å². The van der Waals surface area contributed by atoms with Gasteiger partial charge in [-0.05, 0) is 37.8 Å². The number of hydrogen-bond acceptors (Lipinski definition) is 3. The van der Waals surface area contributed by atoms with Gasteiger partial charge in [0, 0.05) is 11.9 Å². The van der Waals surface area contributed by atoms with Crippen LogP contribution in [0.15, 0.2) is 18.2 Å². The number of benzene rings is 1. The van der Waals surface area contributed by atoms with E-state index in [0.717, 1.165) is 24.8 Å². The van der Waals surface area contributed by atoms with Crippen LogP contribution in [0.5, 0.6) is 0 Å². The Morgan fingerprint density at radius 2 is 2.21 bits per heavy atom. The summed E-state index contributed by atoms with van der Waals surface area (Å²) in [6.45, 7) is 1.79. The standard InChI is InChI=1S/C13H15ClN2O3/c1-9-3-4-11(16(18)19)10(7-9)12(17)15-13(8-14)5-2-6-13/h3-4,7H,2,5-6,8H2,1H3,(H,15,17). The van der Waals surface area contributed by atoms with Crippen LogP contribution in [0.1, 0.15) is 35.2 Å². The summed E-state index contributed by atoms with van der Waals surface area (Å²) in [6.07, 6.45) is 2.66. The second-order valence-corrected chi connectivity index (χ2v) is 5.27. The van der Waals surface area contributed by atoms with E-state index in [4.69, 9.17) is 11.6 Å². The molecule has 0 saturated heterocycles. The summed E-state index contributed by atoms with van der Waals surface area (Å²) in [4.78, 5) is 22.6. The van der Waals surface area contributed by atoms with Crippen molar-refractivity contribution in [3.63, 3.8) is 0 Å². The number of nitro groups is 1. The minimum absolute atomic E-state index is 0.0985. The molecular formula is C13H15ClN2O3. The third kappa shape index (κ3) is 2.71. The molecule has 0 aromatic heterocycles. The number of nitrogens with one attached hydrogen (secondary N) is 1. The van der Waals surface area contributed by atoms with Crippen LogP contribution in [0, 0.1) is 17.0 Å². The van der Waals surface area contributed by atoms with E-state index in [0.29, 0.717) is 5.88 Å². The van der Waals surface area contributed by atoms with E-state index in [1.54, 1.807) is 13.0 Å². The number of carbonyl (C=O) groups is 1. The SMILES string of the molecule is Cc1ccc([N+](=O)[O-])c(C(=O)NC2(CCl)CCC2)c1. The van der Waals surface area contributed by atoms with Gasteiger partial charge in [-0.1, -0.05) is 6.07 Å². The van der Waals surface area contributed by atoms with Crippen LogP contribution in [0.25, 0.3) is 0 Å². The highest BCUT2D eigenvalue weighted by Crippen LogP contribution is 2.33. The van der Waals surface area contributed by atoms with Crippen molar-refractivity contribution >= 4 is 23.2 Å². The summed E-state index contributed by atoms with van der Waals surface area (Å²) in [5.41, 5.74) is 0.341. The number of aryl methyl sites for hydroxylation is 1. The monoisotopic (exact) mass is 282 g/mol. The van der Waals surface area contributed by atoms with Gasteiger partial charge in [0.15, 0.2) is 0 Å². The van der Waals surface area contributed by atoms with Gasteiger partial charge in [-0.2, -0.15) is 0 Å². The molecule has 2 rings (SSSR count). The molecule has 1 fully saturated rings. The summed E-state index contributed by atoms with van der Waals surface area (Å²) < 4.78 is 0. The van der Waals surface area contributed by atoms with Crippen molar-refractivity contribution in [3.8, 4) is 0 Å². The number of nitrogens with zero attached hydrogens (tertiary/aromatic N) is 1. The van der Waals surface area contributed by atoms with Crippen molar-refractivity contribution < 1.29 is 9.72 Å². The first-order valence-electron chi connectivity index (χ1n) is 6.11. The molecule has 0 aliphatic heterocycles. The number of rotatable bonds is 4. The highest BCUT2D eigenvalue weighted by Gasteiger charge is 2.38. The average Bonchev–Trinajstić information content (AvgIpc) is 2.33. The van der Waals surface area contributed by atoms with Crippen molar-refractivity contribution in [1.82, 2.24) is 5.32 Å². The maximum Gasteiger partial charge on any atom is 0.282 e. The van der Waals surface area contributed by atoms with Crippen LogP contribution in [-0.2, 0) is 0 Å². The molecule has 1 aliphatic rings. The fraction of sp³-hybridized carbons (Fsp3) is 0.462. The average molecular weight is 283 g/mol. The summed E-state index contributed by atoms with van der Waals surface area (Å²) in [5, 5.41) is 13.8. The lowest BCUT2D eigenvalue weighted by atomic mass is 9.78. The van der Waals surface area contributed by atoms with Crippen molar-refractivity contribution in [3.05, 3.63) is 39.4 Å². The lowest BCUT2D eigenvalue weighted by Gasteiger charge is -2.40. The molecule has 5 nitrogen and oxygen atoms in total.